The molecule has 2 aromatic carbocycles. The van der Waals surface area contributed by atoms with Crippen LogP contribution in [-0.2, 0) is 6.42 Å². The monoisotopic (exact) mass is 368 g/mol. The third-order valence-electron chi connectivity index (χ3n) is 4.30. The Balaban J connectivity index is 0.000000998. The molecular formula is C26H40O. The van der Waals surface area contributed by atoms with Crippen molar-refractivity contribution in [3.05, 3.63) is 77.9 Å². The van der Waals surface area contributed by atoms with Crippen LogP contribution in [0.3, 0.4) is 0 Å². The first kappa shape index (κ1) is 25.0. The number of rotatable bonds is 5. The van der Waals surface area contributed by atoms with Crippen LogP contribution < -0.4 is 0 Å². The molecule has 0 aliphatic heterocycles. The highest BCUT2D eigenvalue weighted by molar-refractivity contribution is 5.42. The Morgan fingerprint density at radius 2 is 1.30 bits per heavy atom. The van der Waals surface area contributed by atoms with Gasteiger partial charge in [0.15, 0.2) is 0 Å². The minimum atomic E-state index is 0.362. The van der Waals surface area contributed by atoms with E-state index in [9.17, 15) is 5.11 Å². The van der Waals surface area contributed by atoms with Crippen molar-refractivity contribution >= 4 is 0 Å². The van der Waals surface area contributed by atoms with Crippen LogP contribution in [0, 0.1) is 5.92 Å². The van der Waals surface area contributed by atoms with Crippen molar-refractivity contribution in [1.82, 2.24) is 0 Å². The molecule has 0 fully saturated rings. The lowest BCUT2D eigenvalue weighted by Gasteiger charge is -2.20. The van der Waals surface area contributed by atoms with Gasteiger partial charge in [0.2, 0.25) is 0 Å². The van der Waals surface area contributed by atoms with Crippen LogP contribution >= 0.6 is 0 Å². The van der Waals surface area contributed by atoms with Crippen LogP contribution in [0.1, 0.15) is 89.0 Å². The van der Waals surface area contributed by atoms with Crippen molar-refractivity contribution in [1.29, 1.82) is 0 Å². The molecule has 1 unspecified atom stereocenters. The van der Waals surface area contributed by atoms with Crippen LogP contribution in [0.5, 0.6) is 5.75 Å². The van der Waals surface area contributed by atoms with Crippen molar-refractivity contribution in [3.63, 3.8) is 0 Å². The summed E-state index contributed by atoms with van der Waals surface area (Å²) in [5, 5.41) is 9.69. The van der Waals surface area contributed by atoms with Crippen molar-refractivity contribution in [2.45, 2.75) is 73.1 Å². The highest BCUT2D eigenvalue weighted by Crippen LogP contribution is 2.33. The van der Waals surface area contributed by atoms with Gasteiger partial charge in [-0.05, 0) is 59.1 Å². The molecule has 1 heteroatoms. The molecule has 27 heavy (non-hydrogen) atoms. The second kappa shape index (κ2) is 13.2. The minimum Gasteiger partial charge on any atom is -0.508 e. The molecule has 0 aromatic heterocycles. The molecule has 1 atom stereocenters. The van der Waals surface area contributed by atoms with Crippen LogP contribution in [0.25, 0.3) is 0 Å². The summed E-state index contributed by atoms with van der Waals surface area (Å²) in [6.45, 7) is 21.3. The lowest BCUT2D eigenvalue weighted by atomic mass is 9.84. The van der Waals surface area contributed by atoms with Crippen molar-refractivity contribution in [2.75, 3.05) is 0 Å². The summed E-state index contributed by atoms with van der Waals surface area (Å²) in [7, 11) is 0. The van der Waals surface area contributed by atoms with E-state index in [2.05, 4.69) is 92.0 Å². The summed E-state index contributed by atoms with van der Waals surface area (Å²) >= 11 is 0. The number of benzene rings is 2. The van der Waals surface area contributed by atoms with Gasteiger partial charge in [0.1, 0.15) is 5.75 Å². The Morgan fingerprint density at radius 1 is 0.815 bits per heavy atom. The molecule has 0 aliphatic rings. The quantitative estimate of drug-likeness (QED) is 0.529. The fourth-order valence-electron chi connectivity index (χ4n) is 2.99. The second-order valence-corrected chi connectivity index (χ2v) is 7.75. The number of aromatic hydroxyl groups is 1. The molecule has 0 bridgehead atoms. The molecule has 0 spiro atoms. The lowest BCUT2D eigenvalue weighted by Crippen LogP contribution is -2.04. The molecular weight excluding hydrogens is 328 g/mol. The Morgan fingerprint density at radius 3 is 1.70 bits per heavy atom. The van der Waals surface area contributed by atoms with Gasteiger partial charge in [0.25, 0.3) is 0 Å². The average Bonchev–Trinajstić information content (AvgIpc) is 2.65. The largest absolute Gasteiger partial charge is 0.508 e. The first-order valence-corrected chi connectivity index (χ1v) is 10.2. The zero-order chi connectivity index (χ0) is 21.0. The van der Waals surface area contributed by atoms with Gasteiger partial charge in [0, 0.05) is 5.92 Å². The third kappa shape index (κ3) is 8.47. The van der Waals surface area contributed by atoms with Crippen molar-refractivity contribution in [3.8, 4) is 5.75 Å². The summed E-state index contributed by atoms with van der Waals surface area (Å²) in [6.07, 6.45) is 2.02. The molecule has 0 saturated heterocycles. The normalized spacial score (nSPS) is 11.3. The van der Waals surface area contributed by atoms with E-state index in [-0.39, 0.29) is 0 Å². The molecule has 1 N–H and O–H groups in total. The molecule has 0 heterocycles. The van der Waals surface area contributed by atoms with Gasteiger partial charge >= 0.3 is 0 Å². The molecule has 1 nitrogen and oxygen atoms in total. The van der Waals surface area contributed by atoms with Crippen LogP contribution in [0.15, 0.2) is 55.6 Å². The summed E-state index contributed by atoms with van der Waals surface area (Å²) in [5.74, 6) is 2.17. The first-order valence-electron chi connectivity index (χ1n) is 10.2. The zero-order valence-electron chi connectivity index (χ0n) is 18.5. The Hall–Kier alpha value is -2.02. The molecule has 150 valence electrons. The highest BCUT2D eigenvalue weighted by Gasteiger charge is 2.16. The molecule has 0 amide bonds. The smallest absolute Gasteiger partial charge is 0.115 e. The van der Waals surface area contributed by atoms with Crippen LogP contribution in [-0.4, -0.2) is 5.11 Å². The predicted octanol–water partition coefficient (Wildman–Crippen LogP) is 8.08. The van der Waals surface area contributed by atoms with Gasteiger partial charge in [-0.15, -0.1) is 13.2 Å². The Kier molecular flexibility index (Phi) is 12.2. The van der Waals surface area contributed by atoms with Gasteiger partial charge in [-0.2, -0.15) is 0 Å². The van der Waals surface area contributed by atoms with Gasteiger partial charge < -0.3 is 5.11 Å². The van der Waals surface area contributed by atoms with Crippen LogP contribution in [0.2, 0.25) is 0 Å². The van der Waals surface area contributed by atoms with E-state index in [1.54, 1.807) is 6.07 Å². The molecule has 2 aromatic rings. The maximum Gasteiger partial charge on any atom is 0.115 e. The highest BCUT2D eigenvalue weighted by atomic mass is 16.3. The minimum absolute atomic E-state index is 0.362. The van der Waals surface area contributed by atoms with Gasteiger partial charge in [-0.3, -0.25) is 0 Å². The summed E-state index contributed by atoms with van der Waals surface area (Å²) in [6, 6.07) is 14.8. The standard InChI is InChI=1S/C20H26O.C4H10.C2H4/c1-5-15-13-18(21)11-12-20(15)19(6-2)17-9-7-16(8-10-17)14(3)4;1-4(2)3;1-2/h7-14,19,21H,5-6H2,1-4H3;4H,1-3H3;1-2H2. The van der Waals surface area contributed by atoms with E-state index >= 15 is 0 Å². The number of phenolic OH excluding ortho intramolecular Hbond substituents is 1. The molecule has 0 radical (unpaired) electrons. The van der Waals surface area contributed by atoms with Gasteiger partial charge in [-0.1, -0.05) is 78.8 Å². The van der Waals surface area contributed by atoms with Crippen LogP contribution in [0.4, 0.5) is 0 Å². The molecule has 0 saturated carbocycles. The number of phenols is 1. The predicted molar refractivity (Wildman–Crippen MR) is 122 cm³/mol. The van der Waals surface area contributed by atoms with E-state index in [0.29, 0.717) is 17.6 Å². The topological polar surface area (TPSA) is 20.2 Å². The maximum atomic E-state index is 9.69. The maximum absolute atomic E-state index is 9.69. The van der Waals surface area contributed by atoms with E-state index in [4.69, 9.17) is 0 Å². The van der Waals surface area contributed by atoms with Crippen molar-refractivity contribution < 1.29 is 5.11 Å². The zero-order valence-corrected chi connectivity index (χ0v) is 18.5. The molecule has 0 aliphatic carbocycles. The van der Waals surface area contributed by atoms with E-state index < -0.39 is 0 Å². The second-order valence-electron chi connectivity index (χ2n) is 7.75. The van der Waals surface area contributed by atoms with Crippen molar-refractivity contribution in [2.24, 2.45) is 5.92 Å². The lowest BCUT2D eigenvalue weighted by molar-refractivity contribution is 0.474. The van der Waals surface area contributed by atoms with E-state index in [1.807, 2.05) is 6.07 Å². The van der Waals surface area contributed by atoms with Gasteiger partial charge in [0.05, 0.1) is 0 Å². The molecule has 2 rings (SSSR count). The summed E-state index contributed by atoms with van der Waals surface area (Å²) in [4.78, 5) is 0. The number of aryl methyl sites for hydroxylation is 1. The first-order chi connectivity index (χ1) is 12.8. The third-order valence-corrected chi connectivity index (χ3v) is 4.30. The Bertz CT molecular complexity index is 635. The summed E-state index contributed by atoms with van der Waals surface area (Å²) < 4.78 is 0. The average molecular weight is 369 g/mol. The Labute approximate surface area is 168 Å². The SMILES string of the molecule is C=C.CC(C)C.CCc1cc(O)ccc1C(CC)c1ccc(C(C)C)cc1. The van der Waals surface area contributed by atoms with E-state index in [0.717, 1.165) is 18.8 Å². The summed E-state index contributed by atoms with van der Waals surface area (Å²) in [5.41, 5.74) is 5.34. The van der Waals surface area contributed by atoms with Gasteiger partial charge in [-0.25, -0.2) is 0 Å². The number of hydrogen-bond acceptors (Lipinski definition) is 1. The number of hydrogen-bond donors (Lipinski definition) is 1. The fourth-order valence-corrected chi connectivity index (χ4v) is 2.99. The fraction of sp³-hybridized carbons (Fsp3) is 0.462. The van der Waals surface area contributed by atoms with E-state index in [1.165, 1.54) is 22.3 Å².